The lowest BCUT2D eigenvalue weighted by Gasteiger charge is -2.19. The van der Waals surface area contributed by atoms with Crippen LogP contribution < -0.4 is 9.64 Å². The van der Waals surface area contributed by atoms with Gasteiger partial charge in [0.1, 0.15) is 5.75 Å². The average molecular weight is 379 g/mol. The molecule has 0 bridgehead atoms. The van der Waals surface area contributed by atoms with Gasteiger partial charge in [-0.15, -0.1) is 13.2 Å². The van der Waals surface area contributed by atoms with Gasteiger partial charge in [-0.25, -0.2) is 0 Å². The predicted octanol–water partition coefficient (Wildman–Crippen LogP) is 4.01. The van der Waals surface area contributed by atoms with Crippen LogP contribution in [0.1, 0.15) is 6.42 Å². The van der Waals surface area contributed by atoms with Crippen LogP contribution in [-0.4, -0.2) is 25.4 Å². The number of benzene rings is 1. The number of alkyl halides is 3. The fraction of sp³-hybridized carbons (Fsp3) is 0.417. The number of halogens is 4. The minimum atomic E-state index is -4.77. The van der Waals surface area contributed by atoms with Gasteiger partial charge in [-0.1, -0.05) is 5.11 Å². The average Bonchev–Trinajstić information content (AvgIpc) is 2.76. The number of anilines is 1. The van der Waals surface area contributed by atoms with Gasteiger partial charge >= 0.3 is 6.36 Å². The molecule has 0 radical (unpaired) electrons. The zero-order valence-electron chi connectivity index (χ0n) is 11.0. The first kappa shape index (κ1) is 16.4. The van der Waals surface area contributed by atoms with E-state index in [9.17, 15) is 18.0 Å². The number of hydrogen-bond donors (Lipinski definition) is 0. The Balaban J connectivity index is 2.16. The fourth-order valence-corrected chi connectivity index (χ4v) is 2.76. The molecule has 0 aromatic heterocycles. The van der Waals surface area contributed by atoms with Crippen LogP contribution in [0.5, 0.6) is 5.75 Å². The molecule has 1 unspecified atom stereocenters. The molecule has 0 saturated carbocycles. The van der Waals surface area contributed by atoms with Crippen LogP contribution in [0.4, 0.5) is 18.9 Å². The Bertz CT molecular complexity index is 631. The number of carbonyl (C=O) groups is 1. The minimum Gasteiger partial charge on any atom is -0.406 e. The lowest BCUT2D eigenvalue weighted by molar-refractivity contribution is -0.274. The molecule has 2 rings (SSSR count). The van der Waals surface area contributed by atoms with Gasteiger partial charge in [-0.05, 0) is 45.6 Å². The van der Waals surface area contributed by atoms with Crippen molar-refractivity contribution >= 4 is 27.5 Å². The van der Waals surface area contributed by atoms with Crippen molar-refractivity contribution in [3.05, 3.63) is 33.1 Å². The first-order valence-electron chi connectivity index (χ1n) is 6.16. The second-order valence-corrected chi connectivity index (χ2v) is 5.50. The molecule has 1 saturated heterocycles. The number of hydrogen-bond acceptors (Lipinski definition) is 3. The monoisotopic (exact) mass is 378 g/mol. The van der Waals surface area contributed by atoms with Crippen molar-refractivity contribution in [3.63, 3.8) is 0 Å². The van der Waals surface area contributed by atoms with Crippen molar-refractivity contribution in [1.29, 1.82) is 0 Å². The van der Waals surface area contributed by atoms with E-state index in [4.69, 9.17) is 5.53 Å². The normalized spacial score (nSPS) is 18.3. The maximum Gasteiger partial charge on any atom is 0.573 e. The standard InChI is InChI=1S/C12H10BrF3N4O2/c13-9-4-8(22-12(14,15)16)1-2-10(9)20-6-7(3-11(20)21)5-18-19-17/h1-2,4,7H,3,5-6H2. The van der Waals surface area contributed by atoms with Gasteiger partial charge < -0.3 is 9.64 Å². The molecule has 0 spiro atoms. The zero-order chi connectivity index (χ0) is 16.3. The third-order valence-corrected chi connectivity index (χ3v) is 3.69. The van der Waals surface area contributed by atoms with E-state index in [-0.39, 0.29) is 30.5 Å². The number of nitrogens with zero attached hydrogens (tertiary/aromatic N) is 4. The maximum atomic E-state index is 12.2. The van der Waals surface area contributed by atoms with Gasteiger partial charge in [0.25, 0.3) is 0 Å². The highest BCUT2D eigenvalue weighted by Crippen LogP contribution is 2.35. The molecule has 1 heterocycles. The summed E-state index contributed by atoms with van der Waals surface area (Å²) in [7, 11) is 0. The summed E-state index contributed by atoms with van der Waals surface area (Å²) >= 11 is 3.14. The van der Waals surface area contributed by atoms with Crippen molar-refractivity contribution in [3.8, 4) is 5.75 Å². The predicted molar refractivity (Wildman–Crippen MR) is 75.3 cm³/mol. The van der Waals surface area contributed by atoms with E-state index in [1.54, 1.807) is 0 Å². The highest BCUT2D eigenvalue weighted by atomic mass is 79.9. The van der Waals surface area contributed by atoms with Gasteiger partial charge in [0.05, 0.1) is 5.69 Å². The van der Waals surface area contributed by atoms with Crippen LogP contribution in [0.15, 0.2) is 27.8 Å². The van der Waals surface area contributed by atoms with E-state index in [1.165, 1.54) is 11.0 Å². The summed E-state index contributed by atoms with van der Waals surface area (Å²) < 4.78 is 40.6. The Kier molecular flexibility index (Phi) is 4.82. The van der Waals surface area contributed by atoms with Crippen LogP contribution in [-0.2, 0) is 4.79 Å². The minimum absolute atomic E-state index is 0.110. The molecule has 1 amide bonds. The summed E-state index contributed by atoms with van der Waals surface area (Å²) in [5.41, 5.74) is 8.74. The van der Waals surface area contributed by atoms with E-state index >= 15 is 0 Å². The molecule has 118 valence electrons. The Hall–Kier alpha value is -1.93. The molecule has 1 aromatic carbocycles. The third-order valence-electron chi connectivity index (χ3n) is 3.05. The summed E-state index contributed by atoms with van der Waals surface area (Å²) in [5.74, 6) is -0.662. The molecule has 1 aliphatic rings. The fourth-order valence-electron chi connectivity index (χ4n) is 2.19. The first-order valence-corrected chi connectivity index (χ1v) is 6.96. The summed E-state index contributed by atoms with van der Waals surface area (Å²) in [4.78, 5) is 16.1. The molecule has 6 nitrogen and oxygen atoms in total. The summed E-state index contributed by atoms with van der Waals surface area (Å²) in [5, 5.41) is 3.44. The smallest absolute Gasteiger partial charge is 0.406 e. The number of azide groups is 1. The molecular weight excluding hydrogens is 369 g/mol. The summed E-state index contributed by atoms with van der Waals surface area (Å²) in [6.45, 7) is 0.543. The molecule has 22 heavy (non-hydrogen) atoms. The van der Waals surface area contributed by atoms with E-state index in [0.29, 0.717) is 16.7 Å². The van der Waals surface area contributed by atoms with Crippen molar-refractivity contribution in [2.45, 2.75) is 12.8 Å². The quantitative estimate of drug-likeness (QED) is 0.450. The number of carbonyl (C=O) groups excluding carboxylic acids is 1. The van der Waals surface area contributed by atoms with Crippen LogP contribution in [0.25, 0.3) is 10.4 Å². The van der Waals surface area contributed by atoms with Crippen molar-refractivity contribution in [2.24, 2.45) is 11.0 Å². The number of ether oxygens (including phenoxy) is 1. The summed E-state index contributed by atoms with van der Waals surface area (Å²) in [6.07, 6.45) is -4.54. The maximum absolute atomic E-state index is 12.2. The zero-order valence-corrected chi connectivity index (χ0v) is 12.6. The topological polar surface area (TPSA) is 78.3 Å². The lowest BCUT2D eigenvalue weighted by Crippen LogP contribution is -2.25. The highest BCUT2D eigenvalue weighted by molar-refractivity contribution is 9.10. The highest BCUT2D eigenvalue weighted by Gasteiger charge is 2.33. The second kappa shape index (κ2) is 6.45. The van der Waals surface area contributed by atoms with Crippen LogP contribution >= 0.6 is 15.9 Å². The Morgan fingerprint density at radius 2 is 2.23 bits per heavy atom. The number of rotatable bonds is 4. The Morgan fingerprint density at radius 1 is 1.50 bits per heavy atom. The van der Waals surface area contributed by atoms with E-state index < -0.39 is 6.36 Å². The second-order valence-electron chi connectivity index (χ2n) is 4.65. The SMILES string of the molecule is [N-]=[N+]=NCC1CC(=O)N(c2ccc(OC(F)(F)F)cc2Br)C1. The lowest BCUT2D eigenvalue weighted by atomic mass is 10.1. The Labute approximate surface area is 131 Å². The van der Waals surface area contributed by atoms with Gasteiger partial charge in [0.15, 0.2) is 0 Å². The molecule has 10 heteroatoms. The molecule has 1 aromatic rings. The van der Waals surface area contributed by atoms with Crippen LogP contribution in [0, 0.1) is 5.92 Å². The molecule has 1 fully saturated rings. The van der Waals surface area contributed by atoms with Gasteiger partial charge in [-0.3, -0.25) is 4.79 Å². The van der Waals surface area contributed by atoms with E-state index in [1.807, 2.05) is 0 Å². The van der Waals surface area contributed by atoms with Crippen molar-refractivity contribution in [2.75, 3.05) is 18.0 Å². The van der Waals surface area contributed by atoms with Crippen LogP contribution in [0.3, 0.4) is 0 Å². The van der Waals surface area contributed by atoms with E-state index in [0.717, 1.165) is 12.1 Å². The molecule has 1 atom stereocenters. The summed E-state index contributed by atoms with van der Waals surface area (Å²) in [6, 6.07) is 3.66. The molecule has 0 aliphatic carbocycles. The third kappa shape index (κ3) is 4.05. The van der Waals surface area contributed by atoms with E-state index in [2.05, 4.69) is 30.7 Å². The number of amides is 1. The van der Waals surface area contributed by atoms with Gasteiger partial charge in [0, 0.05) is 28.9 Å². The van der Waals surface area contributed by atoms with Gasteiger partial charge in [-0.2, -0.15) is 0 Å². The molecular formula is C12H10BrF3N4O2. The molecule has 0 N–H and O–H groups in total. The van der Waals surface area contributed by atoms with Crippen molar-refractivity contribution < 1.29 is 22.7 Å². The van der Waals surface area contributed by atoms with Crippen molar-refractivity contribution in [1.82, 2.24) is 0 Å². The Morgan fingerprint density at radius 3 is 2.82 bits per heavy atom. The van der Waals surface area contributed by atoms with Gasteiger partial charge in [0.2, 0.25) is 5.91 Å². The largest absolute Gasteiger partial charge is 0.573 e. The van der Waals surface area contributed by atoms with Crippen LogP contribution in [0.2, 0.25) is 0 Å². The molecule has 1 aliphatic heterocycles. The first-order chi connectivity index (χ1) is 10.3.